The lowest BCUT2D eigenvalue weighted by atomic mass is 10.1. The second kappa shape index (κ2) is 4.58. The number of carbonyl (C=O) groups is 1. The number of carbonyl (C=O) groups excluding carboxylic acids is 1. The molecule has 19 heavy (non-hydrogen) atoms. The first-order valence-electron chi connectivity index (χ1n) is 5.01. The third kappa shape index (κ3) is 2.70. The summed E-state index contributed by atoms with van der Waals surface area (Å²) in [6.07, 6.45) is -4.48. The van der Waals surface area contributed by atoms with E-state index in [1.54, 1.807) is 0 Å². The maximum absolute atomic E-state index is 12.6. The van der Waals surface area contributed by atoms with Crippen LogP contribution >= 0.6 is 11.6 Å². The lowest BCUT2D eigenvalue weighted by molar-refractivity contribution is -0.137. The third-order valence-electron chi connectivity index (χ3n) is 2.41. The summed E-state index contributed by atoms with van der Waals surface area (Å²) in [6.45, 7) is 0. The number of nitrogens with two attached hydrogens (primary N) is 1. The summed E-state index contributed by atoms with van der Waals surface area (Å²) >= 11 is 5.83. The molecular weight excluding hydrogens is 283 g/mol. The second-order valence-electron chi connectivity index (χ2n) is 3.72. The van der Waals surface area contributed by atoms with Gasteiger partial charge in [0.1, 0.15) is 5.69 Å². The van der Waals surface area contributed by atoms with Crippen LogP contribution in [0.3, 0.4) is 0 Å². The van der Waals surface area contributed by atoms with Crippen molar-refractivity contribution in [2.45, 2.75) is 6.18 Å². The largest absolute Gasteiger partial charge is 0.416 e. The van der Waals surface area contributed by atoms with Crippen LogP contribution in [0.15, 0.2) is 24.3 Å². The Hall–Kier alpha value is -2.02. The zero-order chi connectivity index (χ0) is 14.2. The first-order chi connectivity index (χ1) is 8.79. The first-order valence-corrected chi connectivity index (χ1v) is 5.39. The average molecular weight is 290 g/mol. The third-order valence-corrected chi connectivity index (χ3v) is 2.74. The summed E-state index contributed by atoms with van der Waals surface area (Å²) in [5, 5.41) is 6.13. The molecular formula is C11H7ClF3N3O. The van der Waals surface area contributed by atoms with Gasteiger partial charge in [-0.2, -0.15) is 18.3 Å². The van der Waals surface area contributed by atoms with E-state index in [9.17, 15) is 18.0 Å². The number of halogens is 4. The number of nitrogens with one attached hydrogen (secondary N) is 1. The fourth-order valence-electron chi connectivity index (χ4n) is 1.48. The van der Waals surface area contributed by atoms with Gasteiger partial charge in [0.15, 0.2) is 0 Å². The van der Waals surface area contributed by atoms with Crippen molar-refractivity contribution >= 4 is 17.5 Å². The molecule has 0 fully saturated rings. The lowest BCUT2D eigenvalue weighted by Gasteiger charge is -2.08. The first kappa shape index (κ1) is 13.4. The van der Waals surface area contributed by atoms with Crippen molar-refractivity contribution in [3.05, 3.63) is 40.5 Å². The number of alkyl halides is 3. The van der Waals surface area contributed by atoms with Crippen molar-refractivity contribution < 1.29 is 18.0 Å². The minimum absolute atomic E-state index is 0.0107. The van der Waals surface area contributed by atoms with Gasteiger partial charge in [-0.1, -0.05) is 11.6 Å². The standard InChI is InChI=1S/C11H7ClF3N3O/c12-7-2-1-5(11(13,14)15)3-6(7)8-4-9(10(16)19)18-17-8/h1-4H,(H2,16,19)(H,17,18). The number of primary amides is 1. The topological polar surface area (TPSA) is 71.8 Å². The Kier molecular flexibility index (Phi) is 3.23. The molecule has 1 amide bonds. The Bertz CT molecular complexity index is 636. The van der Waals surface area contributed by atoms with Crippen LogP contribution in [0.1, 0.15) is 16.1 Å². The molecule has 0 spiro atoms. The number of aromatic amines is 1. The molecule has 2 aromatic rings. The van der Waals surface area contributed by atoms with Crippen molar-refractivity contribution in [3.8, 4) is 11.3 Å². The van der Waals surface area contributed by atoms with Gasteiger partial charge in [0.2, 0.25) is 0 Å². The molecule has 100 valence electrons. The average Bonchev–Trinajstić information content (AvgIpc) is 2.77. The highest BCUT2D eigenvalue weighted by Crippen LogP contribution is 2.35. The van der Waals surface area contributed by atoms with Crippen molar-refractivity contribution in [3.63, 3.8) is 0 Å². The molecule has 0 unspecified atom stereocenters. The number of amides is 1. The van der Waals surface area contributed by atoms with E-state index in [1.165, 1.54) is 6.07 Å². The van der Waals surface area contributed by atoms with Crippen LogP contribution < -0.4 is 5.73 Å². The molecule has 3 N–H and O–H groups in total. The van der Waals surface area contributed by atoms with Crippen LogP contribution in [0.2, 0.25) is 5.02 Å². The Balaban J connectivity index is 2.51. The number of rotatable bonds is 2. The number of aromatic nitrogens is 2. The molecule has 1 aromatic carbocycles. The van der Waals surface area contributed by atoms with E-state index in [0.29, 0.717) is 0 Å². The van der Waals surface area contributed by atoms with E-state index >= 15 is 0 Å². The van der Waals surface area contributed by atoms with E-state index in [0.717, 1.165) is 18.2 Å². The van der Waals surface area contributed by atoms with E-state index in [1.807, 2.05) is 0 Å². The molecule has 0 aliphatic heterocycles. The number of hydrogen-bond donors (Lipinski definition) is 2. The van der Waals surface area contributed by atoms with Gasteiger partial charge in [0.25, 0.3) is 5.91 Å². The molecule has 0 radical (unpaired) electrons. The Labute approximate surface area is 110 Å². The van der Waals surface area contributed by atoms with E-state index in [4.69, 9.17) is 17.3 Å². The van der Waals surface area contributed by atoms with Gasteiger partial charge in [-0.25, -0.2) is 0 Å². The normalized spacial score (nSPS) is 11.6. The number of hydrogen-bond acceptors (Lipinski definition) is 2. The van der Waals surface area contributed by atoms with Crippen LogP contribution in [0.5, 0.6) is 0 Å². The molecule has 0 bridgehead atoms. The van der Waals surface area contributed by atoms with Gasteiger partial charge in [-0.05, 0) is 24.3 Å². The minimum atomic E-state index is -4.48. The van der Waals surface area contributed by atoms with Crippen LogP contribution in [0, 0.1) is 0 Å². The summed E-state index contributed by atoms with van der Waals surface area (Å²) < 4.78 is 37.8. The zero-order valence-corrected chi connectivity index (χ0v) is 10.0. The van der Waals surface area contributed by atoms with Gasteiger partial charge in [-0.15, -0.1) is 0 Å². The molecule has 8 heteroatoms. The quantitative estimate of drug-likeness (QED) is 0.892. The molecule has 2 rings (SSSR count). The molecule has 4 nitrogen and oxygen atoms in total. The van der Waals surface area contributed by atoms with Gasteiger partial charge in [0.05, 0.1) is 16.3 Å². The maximum Gasteiger partial charge on any atom is 0.416 e. The molecule has 0 atom stereocenters. The lowest BCUT2D eigenvalue weighted by Crippen LogP contribution is -2.10. The van der Waals surface area contributed by atoms with Gasteiger partial charge >= 0.3 is 6.18 Å². The monoisotopic (exact) mass is 289 g/mol. The van der Waals surface area contributed by atoms with E-state index < -0.39 is 17.6 Å². The fraction of sp³-hybridized carbons (Fsp3) is 0.0909. The zero-order valence-electron chi connectivity index (χ0n) is 9.25. The Morgan fingerprint density at radius 2 is 2.00 bits per heavy atom. The summed E-state index contributed by atoms with van der Waals surface area (Å²) in [4.78, 5) is 10.9. The predicted molar refractivity (Wildman–Crippen MR) is 62.6 cm³/mol. The highest BCUT2D eigenvalue weighted by molar-refractivity contribution is 6.33. The number of H-pyrrole nitrogens is 1. The van der Waals surface area contributed by atoms with E-state index in [2.05, 4.69) is 10.2 Å². The predicted octanol–water partition coefficient (Wildman–Crippen LogP) is 2.85. The Morgan fingerprint density at radius 1 is 1.32 bits per heavy atom. The van der Waals surface area contributed by atoms with Crippen molar-refractivity contribution in [1.82, 2.24) is 10.2 Å². The van der Waals surface area contributed by atoms with Crippen LogP contribution in [-0.2, 0) is 6.18 Å². The maximum atomic E-state index is 12.6. The molecule has 0 saturated carbocycles. The number of nitrogens with zero attached hydrogens (tertiary/aromatic N) is 1. The second-order valence-corrected chi connectivity index (χ2v) is 4.13. The highest BCUT2D eigenvalue weighted by atomic mass is 35.5. The van der Waals surface area contributed by atoms with Crippen molar-refractivity contribution in [1.29, 1.82) is 0 Å². The van der Waals surface area contributed by atoms with Gasteiger partial charge < -0.3 is 5.73 Å². The van der Waals surface area contributed by atoms with Crippen LogP contribution in [0.25, 0.3) is 11.3 Å². The van der Waals surface area contributed by atoms with Crippen molar-refractivity contribution in [2.75, 3.05) is 0 Å². The summed E-state index contributed by atoms with van der Waals surface area (Å²) in [7, 11) is 0. The Morgan fingerprint density at radius 3 is 2.53 bits per heavy atom. The molecule has 1 heterocycles. The smallest absolute Gasteiger partial charge is 0.364 e. The van der Waals surface area contributed by atoms with Gasteiger partial charge in [0, 0.05) is 5.56 Å². The molecule has 0 aliphatic rings. The van der Waals surface area contributed by atoms with Crippen molar-refractivity contribution in [2.24, 2.45) is 5.73 Å². The molecule has 0 aliphatic carbocycles. The van der Waals surface area contributed by atoms with Crippen LogP contribution in [-0.4, -0.2) is 16.1 Å². The summed E-state index contributed by atoms with van der Waals surface area (Å²) in [5.74, 6) is -0.762. The van der Waals surface area contributed by atoms with Gasteiger partial charge in [-0.3, -0.25) is 9.89 Å². The minimum Gasteiger partial charge on any atom is -0.364 e. The fourth-order valence-corrected chi connectivity index (χ4v) is 1.70. The summed E-state index contributed by atoms with van der Waals surface area (Å²) in [6, 6.07) is 4.10. The summed E-state index contributed by atoms with van der Waals surface area (Å²) in [5.41, 5.74) is 4.34. The van der Waals surface area contributed by atoms with Crippen LogP contribution in [0.4, 0.5) is 13.2 Å². The molecule has 1 aromatic heterocycles. The highest BCUT2D eigenvalue weighted by Gasteiger charge is 2.31. The number of benzene rings is 1. The van der Waals surface area contributed by atoms with E-state index in [-0.39, 0.29) is 22.0 Å². The SMILES string of the molecule is NC(=O)c1cc(-c2cc(C(F)(F)F)ccc2Cl)n[nH]1. The molecule has 0 saturated heterocycles.